The molecule has 3 heterocycles. The lowest BCUT2D eigenvalue weighted by molar-refractivity contribution is -0.00687. The number of hydrogen-bond donors (Lipinski definition) is 1. The summed E-state index contributed by atoms with van der Waals surface area (Å²) in [7, 11) is 1.28. The number of halogens is 3. The highest BCUT2D eigenvalue weighted by molar-refractivity contribution is 9.11. The summed E-state index contributed by atoms with van der Waals surface area (Å²) < 4.78 is 39.5. The average Bonchev–Trinajstić information content (AvgIpc) is 2.90. The third-order valence-electron chi connectivity index (χ3n) is 4.60. The van der Waals surface area contributed by atoms with E-state index in [-0.39, 0.29) is 12.6 Å². The average molecular weight is 439 g/mol. The van der Waals surface area contributed by atoms with Crippen LogP contribution in [0, 0.1) is 0 Å². The fourth-order valence-corrected chi connectivity index (χ4v) is 5.25. The van der Waals surface area contributed by atoms with Crippen molar-refractivity contribution in [3.05, 3.63) is 14.2 Å². The number of ether oxygens (including phenoxy) is 2. The topological polar surface area (TPSA) is 64.8 Å². The first-order valence-corrected chi connectivity index (χ1v) is 9.83. The van der Waals surface area contributed by atoms with Crippen molar-refractivity contribution in [2.75, 3.05) is 31.7 Å². The van der Waals surface area contributed by atoms with Gasteiger partial charge < -0.3 is 20.1 Å². The Morgan fingerprint density at radius 2 is 2.32 bits per heavy atom. The summed E-state index contributed by atoms with van der Waals surface area (Å²) in [6.07, 6.45) is 2.31. The quantitative estimate of drug-likeness (QED) is 0.731. The number of nitrogens with zero attached hydrogens (tertiary/aromatic N) is 1. The van der Waals surface area contributed by atoms with E-state index < -0.39 is 30.9 Å². The van der Waals surface area contributed by atoms with Crippen molar-refractivity contribution >= 4 is 38.9 Å². The molecule has 140 valence electrons. The Labute approximate surface area is 157 Å². The molecule has 0 amide bonds. The summed E-state index contributed by atoms with van der Waals surface area (Å²) in [5, 5.41) is 0. The van der Waals surface area contributed by atoms with Gasteiger partial charge in [-0.15, -0.1) is 11.3 Å². The molecule has 25 heavy (non-hydrogen) atoms. The summed E-state index contributed by atoms with van der Waals surface area (Å²) in [5.41, 5.74) is 7.21. The lowest BCUT2D eigenvalue weighted by Gasteiger charge is -2.38. The third-order valence-corrected chi connectivity index (χ3v) is 6.55. The van der Waals surface area contributed by atoms with Crippen LogP contribution in [0.4, 0.5) is 14.5 Å². The number of carbonyl (C=O) groups is 1. The van der Waals surface area contributed by atoms with Crippen LogP contribution >= 0.6 is 27.3 Å². The zero-order valence-corrected chi connectivity index (χ0v) is 16.3. The Morgan fingerprint density at radius 1 is 1.56 bits per heavy atom. The summed E-state index contributed by atoms with van der Waals surface area (Å²) in [6, 6.07) is -0.397. The molecule has 0 aromatic carbocycles. The van der Waals surface area contributed by atoms with E-state index in [9.17, 15) is 13.6 Å². The number of methoxy groups -OCH3 is 1. The van der Waals surface area contributed by atoms with E-state index in [4.69, 9.17) is 15.2 Å². The van der Waals surface area contributed by atoms with Crippen LogP contribution in [-0.2, 0) is 15.9 Å². The zero-order chi connectivity index (χ0) is 18.2. The van der Waals surface area contributed by atoms with Crippen LogP contribution in [0.5, 0.6) is 0 Å². The van der Waals surface area contributed by atoms with Crippen molar-refractivity contribution in [1.29, 1.82) is 0 Å². The Hall–Kier alpha value is -0.770. The van der Waals surface area contributed by atoms with Gasteiger partial charge in [0.15, 0.2) is 0 Å². The first kappa shape index (κ1) is 19.0. The van der Waals surface area contributed by atoms with E-state index in [0.29, 0.717) is 26.5 Å². The standard InChI is InChI=1S/C16H21BrF2N2O3S/c1-23-15(22)13-12-9(14(17)25-13)6-16(18,19)8-21(12)7-10(20)11-4-2-3-5-24-11/h10-11H,2-8,20H2,1H3/t10-,11?/m0/s1. The Balaban J connectivity index is 1.90. The minimum Gasteiger partial charge on any atom is -0.465 e. The summed E-state index contributed by atoms with van der Waals surface area (Å²) in [5.74, 6) is -3.40. The van der Waals surface area contributed by atoms with Gasteiger partial charge in [0.25, 0.3) is 5.92 Å². The smallest absolute Gasteiger partial charge is 0.350 e. The van der Waals surface area contributed by atoms with Crippen LogP contribution in [0.25, 0.3) is 0 Å². The number of fused-ring (bicyclic) bond motifs is 1. The fourth-order valence-electron chi connectivity index (χ4n) is 3.45. The van der Waals surface area contributed by atoms with Gasteiger partial charge in [-0.25, -0.2) is 13.6 Å². The Bertz CT molecular complexity index is 650. The van der Waals surface area contributed by atoms with Crippen LogP contribution in [0.3, 0.4) is 0 Å². The molecule has 1 fully saturated rings. The lowest BCUT2D eigenvalue weighted by atomic mass is 9.98. The summed E-state index contributed by atoms with van der Waals surface area (Å²) in [6.45, 7) is 0.394. The van der Waals surface area contributed by atoms with Gasteiger partial charge in [-0.3, -0.25) is 0 Å². The number of hydrogen-bond acceptors (Lipinski definition) is 6. The largest absolute Gasteiger partial charge is 0.465 e. The van der Waals surface area contributed by atoms with Crippen molar-refractivity contribution in [2.45, 2.75) is 43.8 Å². The van der Waals surface area contributed by atoms with Gasteiger partial charge in [-0.2, -0.15) is 0 Å². The molecule has 0 saturated carbocycles. The molecule has 0 spiro atoms. The molecule has 1 unspecified atom stereocenters. The molecule has 5 nitrogen and oxygen atoms in total. The molecule has 2 aliphatic rings. The van der Waals surface area contributed by atoms with Crippen molar-refractivity contribution < 1.29 is 23.0 Å². The highest BCUT2D eigenvalue weighted by Crippen LogP contribution is 2.46. The van der Waals surface area contributed by atoms with Crippen molar-refractivity contribution in [2.24, 2.45) is 5.73 Å². The van der Waals surface area contributed by atoms with Gasteiger partial charge in [-0.05, 0) is 35.2 Å². The second kappa shape index (κ2) is 7.46. The predicted octanol–water partition coefficient (Wildman–Crippen LogP) is 3.19. The van der Waals surface area contributed by atoms with Crippen molar-refractivity contribution in [1.82, 2.24) is 0 Å². The molecular formula is C16H21BrF2N2O3S. The van der Waals surface area contributed by atoms with Crippen LogP contribution in [-0.4, -0.2) is 50.8 Å². The number of carbonyl (C=O) groups excluding carboxylic acids is 1. The minimum atomic E-state index is -2.88. The number of thiophene rings is 1. The molecule has 2 atom stereocenters. The molecule has 0 aliphatic carbocycles. The van der Waals surface area contributed by atoms with E-state index in [1.54, 1.807) is 0 Å². The van der Waals surface area contributed by atoms with Gasteiger partial charge in [0.05, 0.1) is 29.2 Å². The van der Waals surface area contributed by atoms with Crippen LogP contribution in [0.15, 0.2) is 3.79 Å². The normalized spacial score (nSPS) is 23.9. The predicted molar refractivity (Wildman–Crippen MR) is 95.8 cm³/mol. The first-order valence-electron chi connectivity index (χ1n) is 8.22. The lowest BCUT2D eigenvalue weighted by Crippen LogP contribution is -2.52. The molecule has 0 bridgehead atoms. The molecule has 1 saturated heterocycles. The Morgan fingerprint density at radius 3 is 2.96 bits per heavy atom. The monoisotopic (exact) mass is 438 g/mol. The highest BCUT2D eigenvalue weighted by atomic mass is 79.9. The molecule has 3 rings (SSSR count). The maximum Gasteiger partial charge on any atom is 0.350 e. The van der Waals surface area contributed by atoms with Gasteiger partial charge in [0, 0.05) is 31.2 Å². The van der Waals surface area contributed by atoms with Gasteiger partial charge in [0.1, 0.15) is 4.88 Å². The molecule has 1 aromatic heterocycles. The second-order valence-corrected chi connectivity index (χ2v) is 8.84. The van der Waals surface area contributed by atoms with Gasteiger partial charge in [-0.1, -0.05) is 0 Å². The van der Waals surface area contributed by atoms with Crippen LogP contribution < -0.4 is 10.6 Å². The SMILES string of the molecule is COC(=O)c1sc(Br)c2c1N(C[C@H](N)C1CCCCO1)CC(F)(F)C2. The molecule has 0 radical (unpaired) electrons. The van der Waals surface area contributed by atoms with E-state index in [0.717, 1.165) is 30.6 Å². The van der Waals surface area contributed by atoms with Crippen LogP contribution in [0.1, 0.15) is 34.5 Å². The molecule has 2 N–H and O–H groups in total. The maximum absolute atomic E-state index is 14.3. The minimum absolute atomic E-state index is 0.142. The number of anilines is 1. The van der Waals surface area contributed by atoms with Crippen LogP contribution in [0.2, 0.25) is 0 Å². The fraction of sp³-hybridized carbons (Fsp3) is 0.688. The van der Waals surface area contributed by atoms with E-state index >= 15 is 0 Å². The molecule has 9 heteroatoms. The van der Waals surface area contributed by atoms with Gasteiger partial charge >= 0.3 is 5.97 Å². The van der Waals surface area contributed by atoms with E-state index in [2.05, 4.69) is 15.9 Å². The molecule has 1 aromatic rings. The zero-order valence-electron chi connectivity index (χ0n) is 13.9. The Kier molecular flexibility index (Phi) is 5.67. The van der Waals surface area contributed by atoms with Crippen molar-refractivity contribution in [3.8, 4) is 0 Å². The summed E-state index contributed by atoms with van der Waals surface area (Å²) in [4.78, 5) is 13.9. The number of alkyl halides is 2. The van der Waals surface area contributed by atoms with Gasteiger partial charge in [0.2, 0.25) is 0 Å². The second-order valence-electron chi connectivity index (χ2n) is 6.51. The van der Waals surface area contributed by atoms with Crippen molar-refractivity contribution in [3.63, 3.8) is 0 Å². The number of nitrogens with two attached hydrogens (primary N) is 1. The van der Waals surface area contributed by atoms with E-state index in [1.807, 2.05) is 0 Å². The maximum atomic E-state index is 14.3. The molecule has 2 aliphatic heterocycles. The van der Waals surface area contributed by atoms with E-state index in [1.165, 1.54) is 12.0 Å². The third kappa shape index (κ3) is 3.99. The summed E-state index contributed by atoms with van der Waals surface area (Å²) >= 11 is 4.44. The number of rotatable bonds is 4. The molecular weight excluding hydrogens is 418 g/mol. The number of esters is 1. The highest BCUT2D eigenvalue weighted by Gasteiger charge is 2.43. The first-order chi connectivity index (χ1) is 11.8.